The summed E-state index contributed by atoms with van der Waals surface area (Å²) in [5, 5.41) is 9.50. The molecule has 0 aliphatic carbocycles. The van der Waals surface area contributed by atoms with Crippen LogP contribution in [0.1, 0.15) is 15.9 Å². The van der Waals surface area contributed by atoms with Gasteiger partial charge in [0.05, 0.1) is 16.8 Å². The molecule has 0 bridgehead atoms. The molecule has 1 amide bonds. The summed E-state index contributed by atoms with van der Waals surface area (Å²) in [4.78, 5) is 20.4. The summed E-state index contributed by atoms with van der Waals surface area (Å²) in [5.74, 6) is -0.580. The number of nitrogens with zero attached hydrogens (tertiary/aromatic N) is 2. The molecule has 0 radical (unpaired) electrons. The molecule has 0 unspecified atom stereocenters. The predicted molar refractivity (Wildman–Crippen MR) is 79.0 cm³/mol. The molecule has 5 nitrogen and oxygen atoms in total. The van der Waals surface area contributed by atoms with E-state index in [-0.39, 0.29) is 0 Å². The molecule has 3 aromatic rings. The van der Waals surface area contributed by atoms with E-state index in [4.69, 9.17) is 5.21 Å². The summed E-state index contributed by atoms with van der Waals surface area (Å²) in [6.45, 7) is 2.01. The molecule has 2 N–H and O–H groups in total. The Bertz CT molecular complexity index is 813. The van der Waals surface area contributed by atoms with Gasteiger partial charge in [-0.05, 0) is 19.1 Å². The Kier molecular flexibility index (Phi) is 3.33. The molecule has 0 atom stereocenters. The number of benzene rings is 1. The normalized spacial score (nSPS) is 10.6. The van der Waals surface area contributed by atoms with Crippen molar-refractivity contribution < 1.29 is 10.0 Å². The Morgan fingerprint density at radius 1 is 1.19 bits per heavy atom. The molecule has 2 heterocycles. The first-order valence-electron chi connectivity index (χ1n) is 6.45. The molecule has 0 aliphatic rings. The molecule has 2 aromatic heterocycles. The number of hydrogen-bond donors (Lipinski definition) is 2. The molecule has 0 saturated heterocycles. The van der Waals surface area contributed by atoms with Crippen LogP contribution >= 0.6 is 0 Å². The van der Waals surface area contributed by atoms with E-state index in [1.807, 2.05) is 31.2 Å². The number of carbonyl (C=O) groups is 1. The van der Waals surface area contributed by atoms with Gasteiger partial charge in [0, 0.05) is 23.3 Å². The van der Waals surface area contributed by atoms with Crippen LogP contribution in [0.25, 0.3) is 22.2 Å². The van der Waals surface area contributed by atoms with E-state index < -0.39 is 5.91 Å². The maximum atomic E-state index is 11.8. The number of aryl methyl sites for hydroxylation is 1. The lowest BCUT2D eigenvalue weighted by molar-refractivity contribution is 0.0708. The molecular weight excluding hydrogens is 266 g/mol. The van der Waals surface area contributed by atoms with Crippen LogP contribution in [0, 0.1) is 6.92 Å². The Hall–Kier alpha value is -2.79. The van der Waals surface area contributed by atoms with Crippen molar-refractivity contribution in [1.82, 2.24) is 15.4 Å². The van der Waals surface area contributed by atoms with Crippen molar-refractivity contribution in [2.45, 2.75) is 6.92 Å². The van der Waals surface area contributed by atoms with Gasteiger partial charge in [0.15, 0.2) is 0 Å². The average Bonchev–Trinajstić information content (AvgIpc) is 2.53. The van der Waals surface area contributed by atoms with Gasteiger partial charge in [0.1, 0.15) is 0 Å². The monoisotopic (exact) mass is 279 g/mol. The summed E-state index contributed by atoms with van der Waals surface area (Å²) in [6, 6.07) is 11.3. The van der Waals surface area contributed by atoms with Crippen LogP contribution in [0.4, 0.5) is 0 Å². The number of carbonyl (C=O) groups excluding carboxylic acids is 1. The zero-order valence-electron chi connectivity index (χ0n) is 11.4. The third-order valence-corrected chi connectivity index (χ3v) is 3.30. The molecule has 1 aromatic carbocycles. The fraction of sp³-hybridized carbons (Fsp3) is 0.0625. The Morgan fingerprint density at radius 3 is 2.67 bits per heavy atom. The lowest BCUT2D eigenvalue weighted by atomic mass is 10.0. The first-order chi connectivity index (χ1) is 10.2. The zero-order valence-corrected chi connectivity index (χ0v) is 11.4. The number of rotatable bonds is 2. The maximum absolute atomic E-state index is 11.8. The fourth-order valence-electron chi connectivity index (χ4n) is 2.19. The van der Waals surface area contributed by atoms with Gasteiger partial charge in [-0.25, -0.2) is 10.5 Å². The number of aromatic nitrogens is 2. The molecule has 21 heavy (non-hydrogen) atoms. The minimum Gasteiger partial charge on any atom is -0.288 e. The van der Waals surface area contributed by atoms with Gasteiger partial charge >= 0.3 is 0 Å². The van der Waals surface area contributed by atoms with Gasteiger partial charge in [-0.2, -0.15) is 0 Å². The molecule has 0 saturated carbocycles. The third-order valence-electron chi connectivity index (χ3n) is 3.30. The number of amides is 1. The predicted octanol–water partition coefficient (Wildman–Crippen LogP) is 2.72. The average molecular weight is 279 g/mol. The highest BCUT2D eigenvalue weighted by atomic mass is 16.5. The van der Waals surface area contributed by atoms with E-state index in [0.717, 1.165) is 11.1 Å². The second-order valence-electron chi connectivity index (χ2n) is 4.75. The molecule has 0 spiro atoms. The quantitative estimate of drug-likeness (QED) is 0.558. The summed E-state index contributed by atoms with van der Waals surface area (Å²) in [5.41, 5.74) is 5.39. The fourth-order valence-corrected chi connectivity index (χ4v) is 2.19. The van der Waals surface area contributed by atoms with Crippen molar-refractivity contribution in [1.29, 1.82) is 0 Å². The van der Waals surface area contributed by atoms with Gasteiger partial charge in [-0.3, -0.25) is 15.0 Å². The van der Waals surface area contributed by atoms with E-state index in [1.54, 1.807) is 30.0 Å². The van der Waals surface area contributed by atoms with Crippen LogP contribution in [0.3, 0.4) is 0 Å². The minimum atomic E-state index is -0.580. The van der Waals surface area contributed by atoms with Gasteiger partial charge in [-0.15, -0.1) is 0 Å². The van der Waals surface area contributed by atoms with E-state index in [9.17, 15) is 4.79 Å². The van der Waals surface area contributed by atoms with Crippen LogP contribution in [0.15, 0.2) is 48.8 Å². The number of hydrogen-bond acceptors (Lipinski definition) is 4. The number of nitrogens with one attached hydrogen (secondary N) is 1. The lowest BCUT2D eigenvalue weighted by Crippen LogP contribution is -2.19. The number of pyridine rings is 2. The molecule has 5 heteroatoms. The van der Waals surface area contributed by atoms with Gasteiger partial charge in [-0.1, -0.05) is 29.8 Å². The molecule has 104 valence electrons. The molecular formula is C16H13N3O2. The number of fused-ring (bicyclic) bond motifs is 1. The highest BCUT2D eigenvalue weighted by Gasteiger charge is 2.13. The van der Waals surface area contributed by atoms with E-state index in [2.05, 4.69) is 9.97 Å². The van der Waals surface area contributed by atoms with Crippen molar-refractivity contribution in [3.8, 4) is 11.3 Å². The summed E-state index contributed by atoms with van der Waals surface area (Å²) in [7, 11) is 0. The van der Waals surface area contributed by atoms with Crippen molar-refractivity contribution in [2.24, 2.45) is 0 Å². The molecule has 0 fully saturated rings. The standard InChI is InChI=1S/C16H13N3O2/c1-10-2-4-11(5-3-10)15-8-12(16(20)19-21)13-9-17-7-6-14(13)18-15/h2-9,21H,1H3,(H,19,20). The number of hydroxylamine groups is 1. The molecule has 3 rings (SSSR count). The lowest BCUT2D eigenvalue weighted by Gasteiger charge is -2.08. The van der Waals surface area contributed by atoms with Gasteiger partial charge < -0.3 is 0 Å². The summed E-state index contributed by atoms with van der Waals surface area (Å²) >= 11 is 0. The first-order valence-corrected chi connectivity index (χ1v) is 6.45. The highest BCUT2D eigenvalue weighted by Crippen LogP contribution is 2.24. The largest absolute Gasteiger partial charge is 0.288 e. The smallest absolute Gasteiger partial charge is 0.275 e. The van der Waals surface area contributed by atoms with Crippen LogP contribution in [-0.2, 0) is 0 Å². The SMILES string of the molecule is Cc1ccc(-c2cc(C(=O)NO)c3cnccc3n2)cc1. The van der Waals surface area contributed by atoms with Crippen LogP contribution < -0.4 is 5.48 Å². The second kappa shape index (κ2) is 5.30. The van der Waals surface area contributed by atoms with Crippen LogP contribution in [0.5, 0.6) is 0 Å². The van der Waals surface area contributed by atoms with E-state index in [0.29, 0.717) is 22.2 Å². The van der Waals surface area contributed by atoms with Gasteiger partial charge in [0.25, 0.3) is 5.91 Å². The van der Waals surface area contributed by atoms with Crippen molar-refractivity contribution in [3.63, 3.8) is 0 Å². The first kappa shape index (κ1) is 13.2. The minimum absolute atomic E-state index is 0.339. The molecule has 0 aliphatic heterocycles. The van der Waals surface area contributed by atoms with Crippen molar-refractivity contribution >= 4 is 16.8 Å². The topological polar surface area (TPSA) is 75.1 Å². The van der Waals surface area contributed by atoms with Crippen LogP contribution in [0.2, 0.25) is 0 Å². The summed E-state index contributed by atoms with van der Waals surface area (Å²) < 4.78 is 0. The van der Waals surface area contributed by atoms with E-state index >= 15 is 0 Å². The Morgan fingerprint density at radius 2 is 1.95 bits per heavy atom. The van der Waals surface area contributed by atoms with Crippen molar-refractivity contribution in [2.75, 3.05) is 0 Å². The maximum Gasteiger partial charge on any atom is 0.275 e. The van der Waals surface area contributed by atoms with Crippen LogP contribution in [-0.4, -0.2) is 21.1 Å². The Labute approximate surface area is 121 Å². The summed E-state index contributed by atoms with van der Waals surface area (Å²) in [6.07, 6.45) is 3.18. The highest BCUT2D eigenvalue weighted by molar-refractivity contribution is 6.06. The van der Waals surface area contributed by atoms with Crippen molar-refractivity contribution in [3.05, 3.63) is 59.9 Å². The third kappa shape index (κ3) is 2.46. The van der Waals surface area contributed by atoms with E-state index in [1.165, 1.54) is 0 Å². The second-order valence-corrected chi connectivity index (χ2v) is 4.75. The zero-order chi connectivity index (χ0) is 14.8. The van der Waals surface area contributed by atoms with Gasteiger partial charge in [0.2, 0.25) is 0 Å². The Balaban J connectivity index is 2.25.